The first kappa shape index (κ1) is 19.9. The third-order valence-corrected chi connectivity index (χ3v) is 5.37. The van der Waals surface area contributed by atoms with Crippen molar-refractivity contribution in [3.63, 3.8) is 0 Å². The van der Waals surface area contributed by atoms with Gasteiger partial charge in [0.2, 0.25) is 0 Å². The molecule has 0 radical (unpaired) electrons. The van der Waals surface area contributed by atoms with E-state index >= 15 is 0 Å². The van der Waals surface area contributed by atoms with Crippen molar-refractivity contribution in [3.05, 3.63) is 48.0 Å². The highest BCUT2D eigenvalue weighted by atomic mass is 16.5. The third-order valence-electron chi connectivity index (χ3n) is 5.37. The van der Waals surface area contributed by atoms with E-state index in [9.17, 15) is 9.59 Å². The highest BCUT2D eigenvalue weighted by Crippen LogP contribution is 2.23. The fraction of sp³-hybridized carbons (Fsp3) is 0.348. The summed E-state index contributed by atoms with van der Waals surface area (Å²) < 4.78 is 10.5. The lowest BCUT2D eigenvalue weighted by Crippen LogP contribution is -2.35. The smallest absolute Gasteiger partial charge is 0.338 e. The zero-order valence-electron chi connectivity index (χ0n) is 17.0. The van der Waals surface area contributed by atoms with Crippen LogP contribution in [0.4, 0.5) is 0 Å². The quantitative estimate of drug-likeness (QED) is 0.651. The summed E-state index contributed by atoms with van der Waals surface area (Å²) in [6.45, 7) is 1.26. The Kier molecular flexibility index (Phi) is 5.97. The van der Waals surface area contributed by atoms with Crippen molar-refractivity contribution < 1.29 is 19.1 Å². The molecule has 2 aromatic carbocycles. The summed E-state index contributed by atoms with van der Waals surface area (Å²) in [5.41, 5.74) is 2.78. The molecule has 1 fully saturated rings. The van der Waals surface area contributed by atoms with Crippen molar-refractivity contribution in [2.24, 2.45) is 0 Å². The van der Waals surface area contributed by atoms with E-state index in [1.165, 1.54) is 0 Å². The molecule has 4 rings (SSSR count). The average Bonchev–Trinajstić information content (AvgIpc) is 3.01. The van der Waals surface area contributed by atoms with Gasteiger partial charge in [-0.3, -0.25) is 4.79 Å². The van der Waals surface area contributed by atoms with Gasteiger partial charge in [-0.1, -0.05) is 12.8 Å². The van der Waals surface area contributed by atoms with Gasteiger partial charge < -0.3 is 19.4 Å². The van der Waals surface area contributed by atoms with E-state index in [1.807, 2.05) is 24.3 Å². The third kappa shape index (κ3) is 4.45. The minimum absolute atomic E-state index is 0.130. The Morgan fingerprint density at radius 1 is 1.03 bits per heavy atom. The number of nitrogens with one attached hydrogen (secondary N) is 1. The number of rotatable bonds is 5. The summed E-state index contributed by atoms with van der Waals surface area (Å²) in [4.78, 5) is 34.4. The zero-order valence-corrected chi connectivity index (χ0v) is 17.0. The van der Waals surface area contributed by atoms with Gasteiger partial charge in [0.1, 0.15) is 11.6 Å². The molecule has 7 heteroatoms. The fourth-order valence-electron chi connectivity index (χ4n) is 3.64. The van der Waals surface area contributed by atoms with Crippen molar-refractivity contribution in [3.8, 4) is 17.1 Å². The number of nitrogens with zero attached hydrogens (tertiary/aromatic N) is 2. The van der Waals surface area contributed by atoms with Crippen LogP contribution in [0.15, 0.2) is 42.5 Å². The number of aromatic nitrogens is 2. The van der Waals surface area contributed by atoms with Gasteiger partial charge in [0.15, 0.2) is 6.61 Å². The van der Waals surface area contributed by atoms with Gasteiger partial charge in [0.25, 0.3) is 5.91 Å². The molecule has 0 spiro atoms. The van der Waals surface area contributed by atoms with Gasteiger partial charge >= 0.3 is 5.97 Å². The molecule has 0 unspecified atom stereocenters. The molecule has 0 saturated carbocycles. The van der Waals surface area contributed by atoms with Crippen LogP contribution in [0, 0.1) is 0 Å². The lowest BCUT2D eigenvalue weighted by atomic mass is 10.2. The molecule has 1 aliphatic rings. The number of hydrogen-bond donors (Lipinski definition) is 1. The van der Waals surface area contributed by atoms with Crippen molar-refractivity contribution >= 4 is 22.9 Å². The van der Waals surface area contributed by atoms with Gasteiger partial charge in [-0.05, 0) is 55.3 Å². The Bertz CT molecular complexity index is 1030. The lowest BCUT2D eigenvalue weighted by molar-refractivity contribution is -0.134. The maximum absolute atomic E-state index is 12.4. The number of ether oxygens (including phenoxy) is 2. The number of methoxy groups -OCH3 is 1. The van der Waals surface area contributed by atoms with E-state index < -0.39 is 5.97 Å². The van der Waals surface area contributed by atoms with Crippen molar-refractivity contribution in [1.82, 2.24) is 14.9 Å². The van der Waals surface area contributed by atoms with Gasteiger partial charge in [0.05, 0.1) is 23.7 Å². The number of fused-ring (bicyclic) bond motifs is 1. The molecule has 1 saturated heterocycles. The maximum Gasteiger partial charge on any atom is 0.338 e. The van der Waals surface area contributed by atoms with Crippen LogP contribution in [0.25, 0.3) is 22.4 Å². The number of benzene rings is 2. The number of esters is 1. The topological polar surface area (TPSA) is 84.5 Å². The van der Waals surface area contributed by atoms with Crippen molar-refractivity contribution in [2.75, 3.05) is 26.8 Å². The highest BCUT2D eigenvalue weighted by molar-refractivity contribution is 5.95. The summed E-state index contributed by atoms with van der Waals surface area (Å²) in [6.07, 6.45) is 4.30. The van der Waals surface area contributed by atoms with Crippen LogP contribution >= 0.6 is 0 Å². The normalized spacial score (nSPS) is 14.4. The number of H-pyrrole nitrogens is 1. The number of hydrogen-bond acceptors (Lipinski definition) is 5. The molecule has 0 bridgehead atoms. The van der Waals surface area contributed by atoms with Gasteiger partial charge in [0, 0.05) is 18.7 Å². The highest BCUT2D eigenvalue weighted by Gasteiger charge is 2.18. The molecule has 0 atom stereocenters. The number of amides is 1. The zero-order chi connectivity index (χ0) is 20.9. The summed E-state index contributed by atoms with van der Waals surface area (Å²) in [5, 5.41) is 0. The molecule has 1 N–H and O–H groups in total. The Labute approximate surface area is 175 Å². The summed E-state index contributed by atoms with van der Waals surface area (Å²) in [5.74, 6) is 0.833. The molecule has 7 nitrogen and oxygen atoms in total. The van der Waals surface area contributed by atoms with Gasteiger partial charge in [-0.25, -0.2) is 9.78 Å². The molecule has 2 heterocycles. The number of carbonyl (C=O) groups excluding carboxylic acids is 2. The minimum atomic E-state index is -0.513. The van der Waals surface area contributed by atoms with E-state index in [1.54, 1.807) is 30.2 Å². The van der Waals surface area contributed by atoms with E-state index in [0.717, 1.165) is 61.1 Å². The number of aromatic amines is 1. The standard InChI is InChI=1S/C23H25N3O4/c1-29-18-9-6-16(7-10-18)22-24-19-11-8-17(14-20(19)25-22)23(28)30-15-21(27)26-12-4-2-3-5-13-26/h6-11,14H,2-5,12-13,15H2,1H3,(H,24,25). The monoisotopic (exact) mass is 407 g/mol. The summed E-state index contributed by atoms with van der Waals surface area (Å²) >= 11 is 0. The molecule has 0 aliphatic carbocycles. The molecule has 1 aromatic heterocycles. The van der Waals surface area contributed by atoms with Crippen LogP contribution < -0.4 is 4.74 Å². The molecule has 156 valence electrons. The Hall–Kier alpha value is -3.35. The number of likely N-dealkylation sites (tertiary alicyclic amines) is 1. The first-order valence-corrected chi connectivity index (χ1v) is 10.2. The molecule has 1 aliphatic heterocycles. The first-order valence-electron chi connectivity index (χ1n) is 10.2. The molecule has 30 heavy (non-hydrogen) atoms. The van der Waals surface area contributed by atoms with Crippen LogP contribution in [0.5, 0.6) is 5.75 Å². The van der Waals surface area contributed by atoms with Crippen LogP contribution in [0.2, 0.25) is 0 Å². The second-order valence-electron chi connectivity index (χ2n) is 7.42. The molecule has 1 amide bonds. The number of carbonyl (C=O) groups is 2. The second-order valence-corrected chi connectivity index (χ2v) is 7.42. The molecular weight excluding hydrogens is 382 g/mol. The van der Waals surface area contributed by atoms with E-state index in [0.29, 0.717) is 11.4 Å². The predicted octanol–water partition coefficient (Wildman–Crippen LogP) is 3.80. The Balaban J connectivity index is 1.43. The molecule has 3 aromatic rings. The SMILES string of the molecule is COc1ccc(-c2nc3ccc(C(=O)OCC(=O)N4CCCCCC4)cc3[nH]2)cc1. The van der Waals surface area contributed by atoms with Crippen LogP contribution in [-0.4, -0.2) is 53.6 Å². The Morgan fingerprint density at radius 2 is 1.77 bits per heavy atom. The lowest BCUT2D eigenvalue weighted by Gasteiger charge is -2.19. The first-order chi connectivity index (χ1) is 14.6. The summed E-state index contributed by atoms with van der Waals surface area (Å²) in [7, 11) is 1.62. The fourth-order valence-corrected chi connectivity index (χ4v) is 3.64. The van der Waals surface area contributed by atoms with Crippen LogP contribution in [0.3, 0.4) is 0 Å². The van der Waals surface area contributed by atoms with Gasteiger partial charge in [-0.2, -0.15) is 0 Å². The average molecular weight is 407 g/mol. The maximum atomic E-state index is 12.4. The van der Waals surface area contributed by atoms with E-state index in [2.05, 4.69) is 9.97 Å². The van der Waals surface area contributed by atoms with E-state index in [-0.39, 0.29) is 12.5 Å². The van der Waals surface area contributed by atoms with Crippen molar-refractivity contribution in [2.45, 2.75) is 25.7 Å². The second kappa shape index (κ2) is 8.98. The predicted molar refractivity (Wildman–Crippen MR) is 113 cm³/mol. The van der Waals surface area contributed by atoms with Crippen molar-refractivity contribution in [1.29, 1.82) is 0 Å². The minimum Gasteiger partial charge on any atom is -0.497 e. The Morgan fingerprint density at radius 3 is 2.47 bits per heavy atom. The van der Waals surface area contributed by atoms with Crippen LogP contribution in [-0.2, 0) is 9.53 Å². The van der Waals surface area contributed by atoms with Gasteiger partial charge in [-0.15, -0.1) is 0 Å². The largest absolute Gasteiger partial charge is 0.497 e. The van der Waals surface area contributed by atoms with E-state index in [4.69, 9.17) is 9.47 Å². The number of imidazole rings is 1. The molecular formula is C23H25N3O4. The van der Waals surface area contributed by atoms with Crippen LogP contribution in [0.1, 0.15) is 36.0 Å². The summed E-state index contributed by atoms with van der Waals surface area (Å²) in [6, 6.07) is 12.7.